The molecule has 186 valence electrons. The third-order valence-corrected chi connectivity index (χ3v) is 6.78. The van der Waals surface area contributed by atoms with E-state index < -0.39 is 17.1 Å². The number of aromatic nitrogens is 5. The van der Waals surface area contributed by atoms with Crippen LogP contribution in [-0.2, 0) is 5.41 Å². The maximum atomic E-state index is 15.0. The highest BCUT2D eigenvalue weighted by molar-refractivity contribution is 6.05. The van der Waals surface area contributed by atoms with Crippen LogP contribution in [0.2, 0.25) is 0 Å². The third-order valence-electron chi connectivity index (χ3n) is 6.78. The number of rotatable bonds is 6. The van der Waals surface area contributed by atoms with Crippen LogP contribution in [-0.4, -0.2) is 30.8 Å². The molecule has 0 spiro atoms. The van der Waals surface area contributed by atoms with Gasteiger partial charge in [-0.1, -0.05) is 12.1 Å². The molecule has 0 radical (unpaired) electrons. The van der Waals surface area contributed by atoms with Crippen molar-refractivity contribution in [2.75, 3.05) is 10.6 Å². The Hall–Kier alpha value is -5.17. The van der Waals surface area contributed by atoms with Gasteiger partial charge in [0.05, 0.1) is 17.8 Å². The molecule has 3 N–H and O–H groups in total. The van der Waals surface area contributed by atoms with E-state index in [9.17, 15) is 14.4 Å². The lowest BCUT2D eigenvalue weighted by Crippen LogP contribution is -2.14. The smallest absolute Gasteiger partial charge is 0.255 e. The molecule has 1 aliphatic carbocycles. The minimum Gasteiger partial charge on any atom is -0.341 e. The first kappa shape index (κ1) is 23.2. The molecule has 3 heterocycles. The molecule has 5 aromatic rings. The molecule has 2 aromatic carbocycles. The van der Waals surface area contributed by atoms with Crippen LogP contribution in [0, 0.1) is 24.1 Å². The molecule has 0 atom stereocenters. The Morgan fingerprint density at radius 1 is 1.11 bits per heavy atom. The van der Waals surface area contributed by atoms with Gasteiger partial charge in [0.25, 0.3) is 5.91 Å². The first-order valence-corrected chi connectivity index (χ1v) is 12.0. The number of carbonyl (C=O) groups is 1. The molecular formula is C28H21FN8O. The van der Waals surface area contributed by atoms with Gasteiger partial charge in [-0.15, -0.1) is 0 Å². The maximum Gasteiger partial charge on any atom is 0.255 e. The van der Waals surface area contributed by atoms with Crippen molar-refractivity contribution in [1.29, 1.82) is 5.26 Å². The molecule has 0 unspecified atom stereocenters. The Kier molecular flexibility index (Phi) is 5.53. The van der Waals surface area contributed by atoms with Gasteiger partial charge in [0.1, 0.15) is 29.2 Å². The first-order valence-electron chi connectivity index (χ1n) is 12.0. The van der Waals surface area contributed by atoms with Gasteiger partial charge >= 0.3 is 0 Å². The van der Waals surface area contributed by atoms with Crippen molar-refractivity contribution in [2.24, 2.45) is 0 Å². The molecule has 6 rings (SSSR count). The lowest BCUT2D eigenvalue weighted by atomic mass is 9.97. The van der Waals surface area contributed by atoms with Crippen molar-refractivity contribution in [2.45, 2.75) is 25.2 Å². The molecule has 0 bridgehead atoms. The average Bonchev–Trinajstić information content (AvgIpc) is 3.59. The van der Waals surface area contributed by atoms with Crippen LogP contribution in [0.4, 0.5) is 21.6 Å². The van der Waals surface area contributed by atoms with Crippen molar-refractivity contribution in [3.8, 4) is 17.3 Å². The number of hydrogen-bond acceptors (Lipinski definition) is 7. The summed E-state index contributed by atoms with van der Waals surface area (Å²) >= 11 is 0. The molecule has 0 saturated heterocycles. The van der Waals surface area contributed by atoms with Crippen molar-refractivity contribution >= 4 is 34.3 Å². The van der Waals surface area contributed by atoms with Gasteiger partial charge in [0.15, 0.2) is 5.65 Å². The SMILES string of the molecule is Cc1c(F)cc(C(=O)Nc2cccc(C3(C#N)CC3)c2)cc1Nc1ncccc1-c1ncnc2nc[nH]c12. The van der Waals surface area contributed by atoms with Gasteiger partial charge in [0.2, 0.25) is 0 Å². The number of benzene rings is 2. The predicted molar refractivity (Wildman–Crippen MR) is 140 cm³/mol. The molecule has 38 heavy (non-hydrogen) atoms. The zero-order valence-corrected chi connectivity index (χ0v) is 20.3. The number of carbonyl (C=O) groups excluding carboxylic acids is 1. The van der Waals surface area contributed by atoms with E-state index in [1.165, 1.54) is 18.7 Å². The van der Waals surface area contributed by atoms with Crippen molar-refractivity contribution in [3.05, 3.63) is 89.9 Å². The lowest BCUT2D eigenvalue weighted by Gasteiger charge is -2.15. The fourth-order valence-corrected chi connectivity index (χ4v) is 4.42. The number of H-pyrrole nitrogens is 1. The van der Waals surface area contributed by atoms with E-state index in [1.807, 2.05) is 12.1 Å². The van der Waals surface area contributed by atoms with Crippen LogP contribution in [0.5, 0.6) is 0 Å². The summed E-state index contributed by atoms with van der Waals surface area (Å²) in [5, 5.41) is 15.5. The molecule has 1 aliphatic rings. The molecule has 0 aliphatic heterocycles. The number of aromatic amines is 1. The van der Waals surface area contributed by atoms with Gasteiger partial charge in [-0.3, -0.25) is 4.79 Å². The fraction of sp³-hybridized carbons (Fsp3) is 0.143. The maximum absolute atomic E-state index is 15.0. The monoisotopic (exact) mass is 504 g/mol. The van der Waals surface area contributed by atoms with Crippen LogP contribution < -0.4 is 10.6 Å². The number of fused-ring (bicyclic) bond motifs is 1. The summed E-state index contributed by atoms with van der Waals surface area (Å²) in [5.74, 6) is -0.575. The van der Waals surface area contributed by atoms with Gasteiger partial charge in [-0.05, 0) is 61.7 Å². The number of hydrogen-bond donors (Lipinski definition) is 3. The number of nitriles is 1. The summed E-state index contributed by atoms with van der Waals surface area (Å²) in [6.07, 6.45) is 6.17. The van der Waals surface area contributed by atoms with E-state index >= 15 is 0 Å². The van der Waals surface area contributed by atoms with Gasteiger partial charge < -0.3 is 15.6 Å². The second-order valence-corrected chi connectivity index (χ2v) is 9.21. The zero-order chi connectivity index (χ0) is 26.3. The van der Waals surface area contributed by atoms with Crippen LogP contribution >= 0.6 is 0 Å². The minimum absolute atomic E-state index is 0.137. The number of anilines is 3. The van der Waals surface area contributed by atoms with Gasteiger partial charge in [-0.25, -0.2) is 24.3 Å². The molecule has 1 saturated carbocycles. The third kappa shape index (κ3) is 4.10. The Labute approximate surface area is 216 Å². The highest BCUT2D eigenvalue weighted by atomic mass is 19.1. The standard InChI is InChI=1S/C28H21FN8O/c1-16-21(29)10-17(27(38)36-19-5-2-4-18(12-19)28(13-30)7-8-28)11-22(16)37-25-20(6-3-9-31-25)23-24-26(34-14-32-23)35-15-33-24/h2-6,9-12,14-15H,7-8H2,1H3,(H,31,37)(H,36,38)(H,32,33,34,35). The highest BCUT2D eigenvalue weighted by Gasteiger charge is 2.44. The Morgan fingerprint density at radius 2 is 1.97 bits per heavy atom. The van der Waals surface area contributed by atoms with E-state index in [1.54, 1.807) is 43.5 Å². The Bertz CT molecular complexity index is 1750. The van der Waals surface area contributed by atoms with Crippen molar-refractivity contribution < 1.29 is 9.18 Å². The normalized spacial score (nSPS) is 13.6. The summed E-state index contributed by atoms with van der Waals surface area (Å²) in [7, 11) is 0. The summed E-state index contributed by atoms with van der Waals surface area (Å²) in [6, 6.07) is 16.0. The molecule has 1 fully saturated rings. The van der Waals surface area contributed by atoms with Crippen LogP contribution in [0.25, 0.3) is 22.4 Å². The summed E-state index contributed by atoms with van der Waals surface area (Å²) in [5.41, 5.74) is 4.20. The number of imidazole rings is 1. The molecule has 9 nitrogen and oxygen atoms in total. The average molecular weight is 505 g/mol. The largest absolute Gasteiger partial charge is 0.341 e. The van der Waals surface area contributed by atoms with Gasteiger partial charge in [-0.2, -0.15) is 5.26 Å². The fourth-order valence-electron chi connectivity index (χ4n) is 4.42. The van der Waals surface area contributed by atoms with E-state index in [-0.39, 0.29) is 5.56 Å². The van der Waals surface area contributed by atoms with E-state index in [4.69, 9.17) is 0 Å². The number of nitrogens with zero attached hydrogens (tertiary/aromatic N) is 5. The Morgan fingerprint density at radius 3 is 2.79 bits per heavy atom. The quantitative estimate of drug-likeness (QED) is 0.281. The second kappa shape index (κ2) is 9.05. The van der Waals surface area contributed by atoms with E-state index in [0.29, 0.717) is 45.2 Å². The number of halogens is 1. The first-order chi connectivity index (χ1) is 18.5. The summed E-state index contributed by atoms with van der Waals surface area (Å²) < 4.78 is 15.0. The summed E-state index contributed by atoms with van der Waals surface area (Å²) in [4.78, 5) is 33.3. The van der Waals surface area contributed by atoms with Gasteiger partial charge in [0, 0.05) is 34.3 Å². The predicted octanol–water partition coefficient (Wildman–Crippen LogP) is 5.41. The van der Waals surface area contributed by atoms with Crippen LogP contribution in [0.15, 0.2) is 67.4 Å². The topological polar surface area (TPSA) is 132 Å². The number of nitrogens with one attached hydrogen (secondary N) is 3. The molecular weight excluding hydrogens is 483 g/mol. The van der Waals surface area contributed by atoms with Crippen LogP contribution in [0.1, 0.15) is 34.3 Å². The summed E-state index contributed by atoms with van der Waals surface area (Å²) in [6.45, 7) is 1.63. The molecule has 3 aromatic heterocycles. The minimum atomic E-state index is -0.536. The van der Waals surface area contributed by atoms with E-state index in [2.05, 4.69) is 41.6 Å². The lowest BCUT2D eigenvalue weighted by molar-refractivity contribution is 0.102. The van der Waals surface area contributed by atoms with Crippen molar-refractivity contribution in [1.82, 2.24) is 24.9 Å². The molecule has 1 amide bonds. The van der Waals surface area contributed by atoms with E-state index in [0.717, 1.165) is 18.4 Å². The van der Waals surface area contributed by atoms with Crippen molar-refractivity contribution in [3.63, 3.8) is 0 Å². The second-order valence-electron chi connectivity index (χ2n) is 9.21. The number of pyridine rings is 1. The zero-order valence-electron chi connectivity index (χ0n) is 20.3. The van der Waals surface area contributed by atoms with Crippen LogP contribution in [0.3, 0.4) is 0 Å². The highest BCUT2D eigenvalue weighted by Crippen LogP contribution is 2.48. The Balaban J connectivity index is 1.31. The molecule has 10 heteroatoms. The number of amides is 1.